The third kappa shape index (κ3) is 5.23. The Morgan fingerprint density at radius 2 is 1.88 bits per heavy atom. The molecular weight excluding hydrogens is 437 g/mol. The Hall–Kier alpha value is -3.24. The molecule has 1 N–H and O–H groups in total. The number of ether oxygens (including phenoxy) is 1. The third-order valence-electron chi connectivity index (χ3n) is 5.51. The fourth-order valence-corrected chi connectivity index (χ4v) is 3.81. The van der Waals surface area contributed by atoms with E-state index in [2.05, 4.69) is 10.3 Å². The summed E-state index contributed by atoms with van der Waals surface area (Å²) in [5.74, 6) is -0.280. The Kier molecular flexibility index (Phi) is 6.48. The highest BCUT2D eigenvalue weighted by Crippen LogP contribution is 2.32. The van der Waals surface area contributed by atoms with Crippen LogP contribution in [0.5, 0.6) is 0 Å². The lowest BCUT2D eigenvalue weighted by Gasteiger charge is -2.28. The summed E-state index contributed by atoms with van der Waals surface area (Å²) in [6, 6.07) is 10.8. The molecule has 3 aromatic rings. The number of aromatic nitrogens is 3. The molecule has 0 spiro atoms. The SMILES string of the molecule is CCOC(O)Cn1cc(C(=O)N2CCc3ccc(-c4ccc(C(F)(F)F)cc4)cc3C2)nn1. The lowest BCUT2D eigenvalue weighted by molar-refractivity contribution is -0.137. The second kappa shape index (κ2) is 9.32. The number of halogens is 3. The van der Waals surface area contributed by atoms with Gasteiger partial charge in [0.05, 0.1) is 18.3 Å². The molecule has 0 saturated heterocycles. The van der Waals surface area contributed by atoms with Gasteiger partial charge in [0.2, 0.25) is 0 Å². The van der Waals surface area contributed by atoms with Crippen molar-refractivity contribution in [3.63, 3.8) is 0 Å². The molecule has 0 radical (unpaired) electrons. The van der Waals surface area contributed by atoms with Crippen molar-refractivity contribution in [1.82, 2.24) is 19.9 Å². The van der Waals surface area contributed by atoms with Crippen molar-refractivity contribution in [2.45, 2.75) is 38.9 Å². The highest BCUT2D eigenvalue weighted by atomic mass is 19.4. The van der Waals surface area contributed by atoms with Gasteiger partial charge in [-0.1, -0.05) is 29.5 Å². The van der Waals surface area contributed by atoms with Gasteiger partial charge in [0.1, 0.15) is 0 Å². The average Bonchev–Trinajstić information content (AvgIpc) is 3.25. The first kappa shape index (κ1) is 22.9. The van der Waals surface area contributed by atoms with E-state index in [1.54, 1.807) is 11.8 Å². The summed E-state index contributed by atoms with van der Waals surface area (Å²) >= 11 is 0. The van der Waals surface area contributed by atoms with E-state index >= 15 is 0 Å². The summed E-state index contributed by atoms with van der Waals surface area (Å²) < 4.78 is 44.9. The van der Waals surface area contributed by atoms with Crippen molar-refractivity contribution in [2.75, 3.05) is 13.2 Å². The quantitative estimate of drug-likeness (QED) is 0.570. The molecule has 0 aliphatic carbocycles. The van der Waals surface area contributed by atoms with Gasteiger partial charge in [-0.05, 0) is 53.8 Å². The Balaban J connectivity index is 1.48. The van der Waals surface area contributed by atoms with Crippen molar-refractivity contribution in [3.05, 3.63) is 71.0 Å². The fourth-order valence-electron chi connectivity index (χ4n) is 3.81. The van der Waals surface area contributed by atoms with Crippen molar-refractivity contribution < 1.29 is 27.8 Å². The Bertz CT molecular complexity index is 1130. The summed E-state index contributed by atoms with van der Waals surface area (Å²) in [6.07, 6.45) is -3.28. The molecule has 1 unspecified atom stereocenters. The van der Waals surface area contributed by atoms with E-state index in [-0.39, 0.29) is 18.1 Å². The first-order valence-corrected chi connectivity index (χ1v) is 10.5. The lowest BCUT2D eigenvalue weighted by atomic mass is 9.94. The predicted octanol–water partition coefficient (Wildman–Crippen LogP) is 3.52. The molecule has 2 aromatic carbocycles. The molecule has 10 heteroatoms. The van der Waals surface area contributed by atoms with Gasteiger partial charge in [0.15, 0.2) is 12.0 Å². The number of fused-ring (bicyclic) bond motifs is 1. The Labute approximate surface area is 188 Å². The fraction of sp³-hybridized carbons (Fsp3) is 0.348. The molecule has 4 rings (SSSR count). The van der Waals surface area contributed by atoms with E-state index in [0.717, 1.165) is 28.8 Å². The average molecular weight is 460 g/mol. The molecular formula is C23H23F3N4O3. The van der Waals surface area contributed by atoms with Crippen LogP contribution in [-0.2, 0) is 30.4 Å². The van der Waals surface area contributed by atoms with Crippen LogP contribution in [0.4, 0.5) is 13.2 Å². The lowest BCUT2D eigenvalue weighted by Crippen LogP contribution is -2.36. The van der Waals surface area contributed by atoms with Crippen LogP contribution in [0, 0.1) is 0 Å². The van der Waals surface area contributed by atoms with Crippen LogP contribution >= 0.6 is 0 Å². The van der Waals surface area contributed by atoms with Crippen LogP contribution in [0.3, 0.4) is 0 Å². The van der Waals surface area contributed by atoms with Crippen molar-refractivity contribution in [2.24, 2.45) is 0 Å². The second-order valence-corrected chi connectivity index (χ2v) is 7.77. The molecule has 0 bridgehead atoms. The van der Waals surface area contributed by atoms with Crippen molar-refractivity contribution >= 4 is 5.91 Å². The van der Waals surface area contributed by atoms with E-state index in [9.17, 15) is 23.1 Å². The van der Waals surface area contributed by atoms with Crippen LogP contribution in [0.25, 0.3) is 11.1 Å². The Morgan fingerprint density at radius 3 is 2.58 bits per heavy atom. The maximum absolute atomic E-state index is 12.9. The number of amides is 1. The number of alkyl halides is 3. The molecule has 1 atom stereocenters. The van der Waals surface area contributed by atoms with E-state index in [0.29, 0.717) is 31.7 Å². The largest absolute Gasteiger partial charge is 0.416 e. The van der Waals surface area contributed by atoms with Gasteiger partial charge in [0.25, 0.3) is 5.91 Å². The number of carbonyl (C=O) groups is 1. The van der Waals surface area contributed by atoms with E-state index in [1.807, 2.05) is 18.2 Å². The summed E-state index contributed by atoms with van der Waals surface area (Å²) in [6.45, 7) is 3.05. The smallest absolute Gasteiger partial charge is 0.366 e. The zero-order valence-electron chi connectivity index (χ0n) is 17.9. The minimum Gasteiger partial charge on any atom is -0.366 e. The van der Waals surface area contributed by atoms with Crippen LogP contribution in [0.2, 0.25) is 0 Å². The van der Waals surface area contributed by atoms with Gasteiger partial charge in [-0.15, -0.1) is 5.10 Å². The van der Waals surface area contributed by atoms with Crippen molar-refractivity contribution in [1.29, 1.82) is 0 Å². The Morgan fingerprint density at radius 1 is 1.15 bits per heavy atom. The molecule has 1 aromatic heterocycles. The van der Waals surface area contributed by atoms with E-state index in [1.165, 1.54) is 23.0 Å². The highest BCUT2D eigenvalue weighted by Gasteiger charge is 2.30. The summed E-state index contributed by atoms with van der Waals surface area (Å²) in [5.41, 5.74) is 2.96. The van der Waals surface area contributed by atoms with Gasteiger partial charge in [-0.25, -0.2) is 4.68 Å². The molecule has 7 nitrogen and oxygen atoms in total. The maximum Gasteiger partial charge on any atom is 0.416 e. The molecule has 0 fully saturated rings. The number of hydrogen-bond acceptors (Lipinski definition) is 5. The molecule has 1 amide bonds. The maximum atomic E-state index is 12.9. The molecule has 33 heavy (non-hydrogen) atoms. The van der Waals surface area contributed by atoms with Gasteiger partial charge >= 0.3 is 6.18 Å². The van der Waals surface area contributed by atoms with Gasteiger partial charge in [-0.2, -0.15) is 13.2 Å². The molecule has 2 heterocycles. The molecule has 1 aliphatic heterocycles. The first-order valence-electron chi connectivity index (χ1n) is 10.5. The number of hydrogen-bond donors (Lipinski definition) is 1. The van der Waals surface area contributed by atoms with Crippen molar-refractivity contribution in [3.8, 4) is 11.1 Å². The van der Waals surface area contributed by atoms with Crippen LogP contribution < -0.4 is 0 Å². The van der Waals surface area contributed by atoms with Gasteiger partial charge in [-0.3, -0.25) is 4.79 Å². The minimum atomic E-state index is -4.38. The standard InChI is InChI=1S/C23H23F3N4O3/c1-2-33-21(31)14-30-13-20(27-28-30)22(32)29-10-9-16-3-4-17(11-18(16)12-29)15-5-7-19(8-6-15)23(24,25)26/h3-8,11,13,21,31H,2,9-10,12,14H2,1H3. The number of aliphatic hydroxyl groups is 1. The zero-order chi connectivity index (χ0) is 23.6. The van der Waals surface area contributed by atoms with E-state index < -0.39 is 18.0 Å². The monoisotopic (exact) mass is 460 g/mol. The number of nitrogens with zero attached hydrogens (tertiary/aromatic N) is 4. The van der Waals surface area contributed by atoms with Crippen LogP contribution in [-0.4, -0.2) is 50.3 Å². The van der Waals surface area contributed by atoms with Gasteiger partial charge in [0, 0.05) is 19.7 Å². The first-order chi connectivity index (χ1) is 15.7. The minimum absolute atomic E-state index is 0.0629. The normalized spacial score (nSPS) is 14.8. The van der Waals surface area contributed by atoms with Crippen LogP contribution in [0.15, 0.2) is 48.7 Å². The van der Waals surface area contributed by atoms with Crippen LogP contribution in [0.1, 0.15) is 34.1 Å². The van der Waals surface area contributed by atoms with Gasteiger partial charge < -0.3 is 14.7 Å². The van der Waals surface area contributed by atoms with E-state index in [4.69, 9.17) is 4.74 Å². The topological polar surface area (TPSA) is 80.5 Å². The summed E-state index contributed by atoms with van der Waals surface area (Å²) in [4.78, 5) is 14.6. The number of aliphatic hydroxyl groups excluding tert-OH is 1. The summed E-state index contributed by atoms with van der Waals surface area (Å²) in [5, 5.41) is 17.5. The molecule has 1 aliphatic rings. The molecule has 174 valence electrons. The summed E-state index contributed by atoms with van der Waals surface area (Å²) in [7, 11) is 0. The zero-order valence-corrected chi connectivity index (χ0v) is 17.9. The molecule has 0 saturated carbocycles. The second-order valence-electron chi connectivity index (χ2n) is 7.77. The number of carbonyl (C=O) groups excluding carboxylic acids is 1. The number of benzene rings is 2. The third-order valence-corrected chi connectivity index (χ3v) is 5.51. The predicted molar refractivity (Wildman–Crippen MR) is 113 cm³/mol. The highest BCUT2D eigenvalue weighted by molar-refractivity contribution is 5.92. The number of rotatable bonds is 6.